The summed E-state index contributed by atoms with van der Waals surface area (Å²) in [6.07, 6.45) is 0. The number of hydrogen-bond acceptors (Lipinski definition) is 3. The molecule has 0 saturated heterocycles. The van der Waals surface area contributed by atoms with Crippen molar-refractivity contribution in [3.63, 3.8) is 0 Å². The van der Waals surface area contributed by atoms with Gasteiger partial charge in [-0.2, -0.15) is 0 Å². The minimum absolute atomic E-state index is 0.0488. The van der Waals surface area contributed by atoms with Gasteiger partial charge in [0.15, 0.2) is 5.78 Å². The van der Waals surface area contributed by atoms with Gasteiger partial charge in [-0.05, 0) is 25.1 Å². The highest BCUT2D eigenvalue weighted by atomic mass is 35.5. The van der Waals surface area contributed by atoms with E-state index in [1.807, 2.05) is 6.92 Å². The van der Waals surface area contributed by atoms with Crippen LogP contribution in [-0.2, 0) is 4.74 Å². The Morgan fingerprint density at radius 3 is 2.80 bits per heavy atom. The van der Waals surface area contributed by atoms with Crippen LogP contribution in [-0.4, -0.2) is 26.1 Å². The third kappa shape index (κ3) is 3.22. The van der Waals surface area contributed by atoms with Crippen molar-refractivity contribution in [3.05, 3.63) is 28.8 Å². The fraction of sp³-hybridized carbons (Fsp3) is 0.364. The molecule has 3 nitrogen and oxygen atoms in total. The summed E-state index contributed by atoms with van der Waals surface area (Å²) >= 11 is 5.80. The predicted octanol–water partition coefficient (Wildman–Crippen LogP) is 2.57. The van der Waals surface area contributed by atoms with Crippen LogP contribution in [0, 0.1) is 0 Å². The van der Waals surface area contributed by atoms with Crippen molar-refractivity contribution in [3.8, 4) is 5.75 Å². The highest BCUT2D eigenvalue weighted by Crippen LogP contribution is 2.22. The van der Waals surface area contributed by atoms with Crippen molar-refractivity contribution in [1.29, 1.82) is 0 Å². The zero-order valence-corrected chi connectivity index (χ0v) is 9.50. The van der Waals surface area contributed by atoms with E-state index in [0.29, 0.717) is 22.9 Å². The number of rotatable bonds is 5. The Balaban J connectivity index is 2.90. The molecule has 4 heteroatoms. The summed E-state index contributed by atoms with van der Waals surface area (Å²) < 4.78 is 10.1. The monoisotopic (exact) mass is 228 g/mol. The van der Waals surface area contributed by atoms with E-state index in [1.165, 1.54) is 7.11 Å². The Morgan fingerprint density at radius 2 is 2.20 bits per heavy atom. The lowest BCUT2D eigenvalue weighted by Gasteiger charge is -2.07. The Morgan fingerprint density at radius 1 is 1.47 bits per heavy atom. The average Bonchev–Trinajstić information content (AvgIpc) is 2.25. The second kappa shape index (κ2) is 5.73. The van der Waals surface area contributed by atoms with Gasteiger partial charge in [0.25, 0.3) is 0 Å². The van der Waals surface area contributed by atoms with Crippen LogP contribution in [0.15, 0.2) is 18.2 Å². The van der Waals surface area contributed by atoms with Gasteiger partial charge in [0, 0.05) is 11.6 Å². The van der Waals surface area contributed by atoms with E-state index < -0.39 is 0 Å². The van der Waals surface area contributed by atoms with Crippen LogP contribution in [0.2, 0.25) is 5.02 Å². The molecule has 0 amide bonds. The zero-order chi connectivity index (χ0) is 11.3. The maximum Gasteiger partial charge on any atom is 0.192 e. The first-order chi connectivity index (χ1) is 7.19. The molecule has 82 valence electrons. The standard InChI is InChI=1S/C11H13ClO3/c1-3-15-7-10(13)9-6-8(12)4-5-11(9)14-2/h4-6H,3,7H2,1-2H3. The minimum atomic E-state index is -0.129. The van der Waals surface area contributed by atoms with Crippen LogP contribution in [0.4, 0.5) is 0 Å². The zero-order valence-electron chi connectivity index (χ0n) is 8.75. The summed E-state index contributed by atoms with van der Waals surface area (Å²) in [5, 5.41) is 0.510. The van der Waals surface area contributed by atoms with E-state index in [9.17, 15) is 4.79 Å². The summed E-state index contributed by atoms with van der Waals surface area (Å²) in [5.74, 6) is 0.389. The Bertz CT molecular complexity index is 350. The first-order valence-corrected chi connectivity index (χ1v) is 5.01. The molecule has 0 aliphatic rings. The molecule has 0 saturated carbocycles. The molecule has 1 aromatic rings. The Labute approximate surface area is 93.9 Å². The Kier molecular flexibility index (Phi) is 4.59. The second-order valence-corrected chi connectivity index (χ2v) is 3.34. The Hall–Kier alpha value is -1.06. The molecule has 0 heterocycles. The summed E-state index contributed by atoms with van der Waals surface area (Å²) in [7, 11) is 1.51. The van der Waals surface area contributed by atoms with Crippen LogP contribution in [0.3, 0.4) is 0 Å². The summed E-state index contributed by atoms with van der Waals surface area (Å²) in [6.45, 7) is 2.39. The molecule has 0 aromatic heterocycles. The highest BCUT2D eigenvalue weighted by molar-refractivity contribution is 6.31. The van der Waals surface area contributed by atoms with Gasteiger partial charge in [-0.25, -0.2) is 0 Å². The van der Waals surface area contributed by atoms with E-state index in [-0.39, 0.29) is 12.4 Å². The molecule has 0 fully saturated rings. The molecular formula is C11H13ClO3. The molecule has 0 aliphatic heterocycles. The summed E-state index contributed by atoms with van der Waals surface area (Å²) in [6, 6.07) is 4.93. The molecule has 1 rings (SSSR count). The highest BCUT2D eigenvalue weighted by Gasteiger charge is 2.12. The van der Waals surface area contributed by atoms with E-state index in [2.05, 4.69) is 0 Å². The lowest BCUT2D eigenvalue weighted by molar-refractivity contribution is 0.0780. The topological polar surface area (TPSA) is 35.5 Å². The first kappa shape index (κ1) is 12.0. The van der Waals surface area contributed by atoms with Crippen LogP contribution in [0.25, 0.3) is 0 Å². The van der Waals surface area contributed by atoms with Crippen LogP contribution in [0.1, 0.15) is 17.3 Å². The molecule has 1 aromatic carbocycles. The number of methoxy groups -OCH3 is 1. The van der Waals surface area contributed by atoms with Crippen LogP contribution >= 0.6 is 11.6 Å². The predicted molar refractivity (Wildman–Crippen MR) is 58.8 cm³/mol. The fourth-order valence-electron chi connectivity index (χ4n) is 1.17. The quantitative estimate of drug-likeness (QED) is 0.727. The molecule has 0 spiro atoms. The maximum absolute atomic E-state index is 11.7. The molecule has 0 atom stereocenters. The summed E-state index contributed by atoms with van der Waals surface area (Å²) in [5.41, 5.74) is 0.457. The van der Waals surface area contributed by atoms with Gasteiger partial charge in [0.1, 0.15) is 12.4 Å². The van der Waals surface area contributed by atoms with Gasteiger partial charge in [-0.1, -0.05) is 11.6 Å². The molecule has 0 aliphatic carbocycles. The fourth-order valence-corrected chi connectivity index (χ4v) is 1.34. The lowest BCUT2D eigenvalue weighted by Crippen LogP contribution is -2.10. The number of ether oxygens (including phenoxy) is 2. The number of hydrogen-bond donors (Lipinski definition) is 0. The van der Waals surface area contributed by atoms with E-state index in [0.717, 1.165) is 0 Å². The number of carbonyl (C=O) groups is 1. The number of Topliss-reactive ketones (excluding diaryl/α,β-unsaturated/α-hetero) is 1. The SMILES string of the molecule is CCOCC(=O)c1cc(Cl)ccc1OC. The van der Waals surface area contributed by atoms with Crippen molar-refractivity contribution < 1.29 is 14.3 Å². The number of halogens is 1. The number of ketones is 1. The van der Waals surface area contributed by atoms with Crippen LogP contribution in [0.5, 0.6) is 5.75 Å². The van der Waals surface area contributed by atoms with Gasteiger partial charge in [0.2, 0.25) is 0 Å². The number of carbonyl (C=O) groups excluding carboxylic acids is 1. The third-order valence-electron chi connectivity index (χ3n) is 1.90. The summed E-state index contributed by atoms with van der Waals surface area (Å²) in [4.78, 5) is 11.7. The molecule has 0 bridgehead atoms. The van der Waals surface area contributed by atoms with Gasteiger partial charge < -0.3 is 9.47 Å². The van der Waals surface area contributed by atoms with Crippen LogP contribution < -0.4 is 4.74 Å². The van der Waals surface area contributed by atoms with E-state index in [4.69, 9.17) is 21.1 Å². The van der Waals surface area contributed by atoms with E-state index >= 15 is 0 Å². The van der Waals surface area contributed by atoms with Crippen molar-refractivity contribution >= 4 is 17.4 Å². The van der Waals surface area contributed by atoms with Crippen molar-refractivity contribution in [2.45, 2.75) is 6.92 Å². The number of benzene rings is 1. The lowest BCUT2D eigenvalue weighted by atomic mass is 10.1. The van der Waals surface area contributed by atoms with Crippen molar-refractivity contribution in [1.82, 2.24) is 0 Å². The maximum atomic E-state index is 11.7. The minimum Gasteiger partial charge on any atom is -0.496 e. The molecule has 0 unspecified atom stereocenters. The first-order valence-electron chi connectivity index (χ1n) is 4.63. The van der Waals surface area contributed by atoms with Gasteiger partial charge in [0.05, 0.1) is 12.7 Å². The molecule has 0 radical (unpaired) electrons. The second-order valence-electron chi connectivity index (χ2n) is 2.90. The molecule has 15 heavy (non-hydrogen) atoms. The normalized spacial score (nSPS) is 10.1. The van der Waals surface area contributed by atoms with Gasteiger partial charge in [-0.15, -0.1) is 0 Å². The average molecular weight is 229 g/mol. The molecular weight excluding hydrogens is 216 g/mol. The van der Waals surface area contributed by atoms with Gasteiger partial charge >= 0.3 is 0 Å². The van der Waals surface area contributed by atoms with Crippen molar-refractivity contribution in [2.75, 3.05) is 20.3 Å². The largest absolute Gasteiger partial charge is 0.496 e. The van der Waals surface area contributed by atoms with E-state index in [1.54, 1.807) is 18.2 Å². The smallest absolute Gasteiger partial charge is 0.192 e. The molecule has 0 N–H and O–H groups in total. The van der Waals surface area contributed by atoms with Gasteiger partial charge in [-0.3, -0.25) is 4.79 Å². The third-order valence-corrected chi connectivity index (χ3v) is 2.13. The van der Waals surface area contributed by atoms with Crippen molar-refractivity contribution in [2.24, 2.45) is 0 Å².